The summed E-state index contributed by atoms with van der Waals surface area (Å²) in [4.78, 5) is 0. The molecule has 1 rings (SSSR count). The Bertz CT molecular complexity index is 328. The molecule has 1 aromatic rings. The van der Waals surface area contributed by atoms with Gasteiger partial charge >= 0.3 is 0 Å². The number of benzene rings is 1. The highest BCUT2D eigenvalue weighted by Crippen LogP contribution is 2.22. The van der Waals surface area contributed by atoms with E-state index < -0.39 is 5.82 Å². The van der Waals surface area contributed by atoms with Gasteiger partial charge in [-0.15, -0.1) is 6.58 Å². The third kappa shape index (κ3) is 2.54. The standard InChI is InChI=1S/C10H12ClFN2/c1-2-3-10(14-13)7-4-5-9(12)8(11)6-7/h2,4-6,10,14H,1,3,13H2. The van der Waals surface area contributed by atoms with E-state index in [4.69, 9.17) is 17.4 Å². The number of hydrogen-bond acceptors (Lipinski definition) is 2. The number of nitrogens with two attached hydrogens (primary N) is 1. The highest BCUT2D eigenvalue weighted by atomic mass is 35.5. The quantitative estimate of drug-likeness (QED) is 0.459. The van der Waals surface area contributed by atoms with Crippen LogP contribution in [-0.2, 0) is 0 Å². The first kappa shape index (κ1) is 11.2. The summed E-state index contributed by atoms with van der Waals surface area (Å²) >= 11 is 5.65. The normalized spacial score (nSPS) is 12.5. The number of nitrogens with one attached hydrogen (secondary N) is 1. The zero-order valence-electron chi connectivity index (χ0n) is 7.63. The van der Waals surface area contributed by atoms with Crippen LogP contribution in [0, 0.1) is 5.82 Å². The van der Waals surface area contributed by atoms with Crippen molar-refractivity contribution >= 4 is 11.6 Å². The highest BCUT2D eigenvalue weighted by Gasteiger charge is 2.09. The maximum absolute atomic E-state index is 12.8. The maximum Gasteiger partial charge on any atom is 0.141 e. The molecule has 0 bridgehead atoms. The predicted molar refractivity (Wildman–Crippen MR) is 56.3 cm³/mol. The van der Waals surface area contributed by atoms with Gasteiger partial charge in [0, 0.05) is 6.04 Å². The van der Waals surface area contributed by atoms with Crippen LogP contribution in [0.4, 0.5) is 4.39 Å². The van der Waals surface area contributed by atoms with E-state index in [0.29, 0.717) is 6.42 Å². The van der Waals surface area contributed by atoms with Gasteiger partial charge in [0.1, 0.15) is 5.82 Å². The van der Waals surface area contributed by atoms with Crippen molar-refractivity contribution in [2.45, 2.75) is 12.5 Å². The van der Waals surface area contributed by atoms with Crippen LogP contribution in [0.15, 0.2) is 30.9 Å². The Morgan fingerprint density at radius 2 is 2.36 bits per heavy atom. The lowest BCUT2D eigenvalue weighted by Gasteiger charge is -2.14. The van der Waals surface area contributed by atoms with Crippen LogP contribution in [0.25, 0.3) is 0 Å². The molecule has 3 N–H and O–H groups in total. The van der Waals surface area contributed by atoms with E-state index in [-0.39, 0.29) is 11.1 Å². The first-order valence-electron chi connectivity index (χ1n) is 4.21. The second kappa shape index (κ2) is 5.10. The highest BCUT2D eigenvalue weighted by molar-refractivity contribution is 6.30. The molecule has 0 amide bonds. The third-order valence-corrected chi connectivity index (χ3v) is 2.24. The van der Waals surface area contributed by atoms with E-state index in [1.54, 1.807) is 18.2 Å². The monoisotopic (exact) mass is 214 g/mol. The summed E-state index contributed by atoms with van der Waals surface area (Å²) in [6, 6.07) is 4.45. The smallest absolute Gasteiger partial charge is 0.141 e. The summed E-state index contributed by atoms with van der Waals surface area (Å²) in [7, 11) is 0. The van der Waals surface area contributed by atoms with Gasteiger partial charge in [-0.3, -0.25) is 11.3 Å². The molecule has 14 heavy (non-hydrogen) atoms. The minimum Gasteiger partial charge on any atom is -0.271 e. The number of hydrogen-bond donors (Lipinski definition) is 2. The number of hydrazine groups is 1. The molecular weight excluding hydrogens is 203 g/mol. The lowest BCUT2D eigenvalue weighted by atomic mass is 10.0. The summed E-state index contributed by atoms with van der Waals surface area (Å²) in [6.45, 7) is 3.61. The summed E-state index contributed by atoms with van der Waals surface area (Å²) in [6.07, 6.45) is 2.40. The van der Waals surface area contributed by atoms with Gasteiger partial charge in [0.05, 0.1) is 5.02 Å². The second-order valence-electron chi connectivity index (χ2n) is 2.92. The molecule has 0 aliphatic rings. The first-order valence-corrected chi connectivity index (χ1v) is 4.58. The van der Waals surface area contributed by atoms with Crippen molar-refractivity contribution in [1.29, 1.82) is 0 Å². The van der Waals surface area contributed by atoms with Gasteiger partial charge in [0.25, 0.3) is 0 Å². The van der Waals surface area contributed by atoms with E-state index in [0.717, 1.165) is 5.56 Å². The van der Waals surface area contributed by atoms with Crippen LogP contribution in [0.5, 0.6) is 0 Å². The maximum atomic E-state index is 12.8. The Balaban J connectivity index is 2.93. The van der Waals surface area contributed by atoms with Crippen molar-refractivity contribution < 1.29 is 4.39 Å². The fraction of sp³-hybridized carbons (Fsp3) is 0.200. The second-order valence-corrected chi connectivity index (χ2v) is 3.32. The largest absolute Gasteiger partial charge is 0.271 e. The van der Waals surface area contributed by atoms with Gasteiger partial charge in [0.2, 0.25) is 0 Å². The number of rotatable bonds is 4. The van der Waals surface area contributed by atoms with Crippen LogP contribution in [0.2, 0.25) is 5.02 Å². The molecule has 0 aliphatic heterocycles. The van der Waals surface area contributed by atoms with Crippen molar-refractivity contribution in [3.63, 3.8) is 0 Å². The Morgan fingerprint density at radius 3 is 2.86 bits per heavy atom. The van der Waals surface area contributed by atoms with Crippen molar-refractivity contribution in [3.8, 4) is 0 Å². The van der Waals surface area contributed by atoms with E-state index in [9.17, 15) is 4.39 Å². The van der Waals surface area contributed by atoms with Gasteiger partial charge in [-0.2, -0.15) is 0 Å². The minimum atomic E-state index is -0.426. The van der Waals surface area contributed by atoms with Gasteiger partial charge in [0.15, 0.2) is 0 Å². The number of halogens is 2. The van der Waals surface area contributed by atoms with Crippen molar-refractivity contribution in [2.75, 3.05) is 0 Å². The Kier molecular flexibility index (Phi) is 4.07. The van der Waals surface area contributed by atoms with E-state index in [1.807, 2.05) is 0 Å². The summed E-state index contributed by atoms with van der Waals surface area (Å²) < 4.78 is 12.8. The van der Waals surface area contributed by atoms with E-state index >= 15 is 0 Å². The SMILES string of the molecule is C=CCC(NN)c1ccc(F)c(Cl)c1. The molecule has 0 saturated heterocycles. The molecule has 0 radical (unpaired) electrons. The molecule has 0 saturated carbocycles. The molecule has 2 nitrogen and oxygen atoms in total. The van der Waals surface area contributed by atoms with Gasteiger partial charge in [-0.25, -0.2) is 4.39 Å². The van der Waals surface area contributed by atoms with Crippen LogP contribution < -0.4 is 11.3 Å². The minimum absolute atomic E-state index is 0.0781. The van der Waals surface area contributed by atoms with Crippen molar-refractivity contribution in [3.05, 3.63) is 47.3 Å². The molecule has 0 aliphatic carbocycles. The molecular formula is C10H12ClFN2. The van der Waals surface area contributed by atoms with E-state index in [1.165, 1.54) is 6.07 Å². The fourth-order valence-electron chi connectivity index (χ4n) is 1.20. The van der Waals surface area contributed by atoms with Crippen molar-refractivity contribution in [1.82, 2.24) is 5.43 Å². The van der Waals surface area contributed by atoms with Crippen LogP contribution in [0.3, 0.4) is 0 Å². The van der Waals surface area contributed by atoms with Gasteiger partial charge in [-0.05, 0) is 24.1 Å². The molecule has 76 valence electrons. The predicted octanol–water partition coefficient (Wildman–Crippen LogP) is 2.56. The molecule has 1 atom stereocenters. The van der Waals surface area contributed by atoms with E-state index in [2.05, 4.69) is 12.0 Å². The first-order chi connectivity index (χ1) is 6.69. The van der Waals surface area contributed by atoms with Crippen LogP contribution in [-0.4, -0.2) is 0 Å². The van der Waals surface area contributed by atoms with Crippen molar-refractivity contribution in [2.24, 2.45) is 5.84 Å². The summed E-state index contributed by atoms with van der Waals surface area (Å²) in [5.74, 6) is 4.92. The molecule has 0 heterocycles. The van der Waals surface area contributed by atoms with Crippen LogP contribution >= 0.6 is 11.6 Å². The fourth-order valence-corrected chi connectivity index (χ4v) is 1.39. The molecule has 1 aromatic carbocycles. The molecule has 0 fully saturated rings. The van der Waals surface area contributed by atoms with Crippen LogP contribution in [0.1, 0.15) is 18.0 Å². The average molecular weight is 215 g/mol. The Hall–Kier alpha value is -0.900. The average Bonchev–Trinajstić information content (AvgIpc) is 2.19. The lowest BCUT2D eigenvalue weighted by molar-refractivity contribution is 0.558. The molecule has 4 heteroatoms. The zero-order chi connectivity index (χ0) is 10.6. The summed E-state index contributed by atoms with van der Waals surface area (Å²) in [5, 5.41) is 0.104. The van der Waals surface area contributed by atoms with Gasteiger partial charge in [-0.1, -0.05) is 23.7 Å². The molecule has 0 aromatic heterocycles. The third-order valence-electron chi connectivity index (χ3n) is 1.95. The summed E-state index contributed by atoms with van der Waals surface area (Å²) in [5.41, 5.74) is 3.46. The molecule has 1 unspecified atom stereocenters. The van der Waals surface area contributed by atoms with Gasteiger partial charge < -0.3 is 0 Å². The lowest BCUT2D eigenvalue weighted by Crippen LogP contribution is -2.27. The molecule has 0 spiro atoms. The Morgan fingerprint density at radius 1 is 1.64 bits per heavy atom. The zero-order valence-corrected chi connectivity index (χ0v) is 8.39. The topological polar surface area (TPSA) is 38.0 Å². The Labute approximate surface area is 87.5 Å².